The Morgan fingerprint density at radius 2 is 1.96 bits per heavy atom. The highest BCUT2D eigenvalue weighted by Crippen LogP contribution is 2.23. The summed E-state index contributed by atoms with van der Waals surface area (Å²) in [6, 6.07) is 7.97. The first kappa shape index (κ1) is 17.4. The third-order valence-electron chi connectivity index (χ3n) is 4.39. The fraction of sp³-hybridized carbons (Fsp3) is 0.471. The molecular weight excluding hydrogens is 342 g/mol. The molecule has 1 N–H and O–H groups in total. The van der Waals surface area contributed by atoms with Crippen LogP contribution < -0.4 is 5.32 Å². The van der Waals surface area contributed by atoms with Crippen molar-refractivity contribution in [1.29, 1.82) is 0 Å². The molecule has 0 amide bonds. The molecule has 0 atom stereocenters. The zero-order chi connectivity index (χ0) is 17.2. The van der Waals surface area contributed by atoms with Crippen LogP contribution in [0.2, 0.25) is 0 Å². The summed E-state index contributed by atoms with van der Waals surface area (Å²) >= 11 is 1.60. The van der Waals surface area contributed by atoms with Crippen LogP contribution in [0.4, 0.5) is 5.13 Å². The lowest BCUT2D eigenvalue weighted by atomic mass is 10.1. The Hall–Kier alpha value is -1.44. The van der Waals surface area contributed by atoms with Crippen LogP contribution in [0.5, 0.6) is 0 Å². The van der Waals surface area contributed by atoms with Gasteiger partial charge in [0.2, 0.25) is 10.0 Å². The third-order valence-corrected chi connectivity index (χ3v) is 7.11. The fourth-order valence-electron chi connectivity index (χ4n) is 2.93. The second kappa shape index (κ2) is 7.21. The SMILES string of the molecule is Cc1csc(NC2CCN(S(=O)(=O)Cc3ccccc3C)CC2)n1. The Bertz CT molecular complexity index is 794. The van der Waals surface area contributed by atoms with Crippen LogP contribution in [0.1, 0.15) is 29.7 Å². The standard InChI is InChI=1S/C17H23N3O2S2/c1-13-5-3-4-6-15(13)12-24(21,22)20-9-7-16(8-10-20)19-17-18-14(2)11-23-17/h3-6,11,16H,7-10,12H2,1-2H3,(H,18,19). The summed E-state index contributed by atoms with van der Waals surface area (Å²) in [6.07, 6.45) is 1.62. The molecule has 7 heteroatoms. The van der Waals surface area contributed by atoms with Gasteiger partial charge in [-0.05, 0) is 37.8 Å². The van der Waals surface area contributed by atoms with Gasteiger partial charge in [0.25, 0.3) is 0 Å². The predicted molar refractivity (Wildman–Crippen MR) is 98.9 cm³/mol. The van der Waals surface area contributed by atoms with Gasteiger partial charge in [-0.2, -0.15) is 0 Å². The molecule has 0 bridgehead atoms. The lowest BCUT2D eigenvalue weighted by Crippen LogP contribution is -2.42. The normalized spacial score (nSPS) is 17.1. The molecule has 130 valence electrons. The highest BCUT2D eigenvalue weighted by molar-refractivity contribution is 7.88. The van der Waals surface area contributed by atoms with E-state index in [1.54, 1.807) is 15.6 Å². The van der Waals surface area contributed by atoms with E-state index in [0.29, 0.717) is 19.1 Å². The van der Waals surface area contributed by atoms with Gasteiger partial charge >= 0.3 is 0 Å². The second-order valence-electron chi connectivity index (χ2n) is 6.29. The van der Waals surface area contributed by atoms with Gasteiger partial charge in [-0.3, -0.25) is 0 Å². The van der Waals surface area contributed by atoms with Gasteiger partial charge in [0, 0.05) is 24.5 Å². The number of aromatic nitrogens is 1. The number of thiazole rings is 1. The van der Waals surface area contributed by atoms with Crippen molar-refractivity contribution in [3.05, 3.63) is 46.5 Å². The molecule has 24 heavy (non-hydrogen) atoms. The number of rotatable bonds is 5. The zero-order valence-corrected chi connectivity index (χ0v) is 15.7. The summed E-state index contributed by atoms with van der Waals surface area (Å²) in [6.45, 7) is 5.06. The first-order valence-corrected chi connectivity index (χ1v) is 10.6. The van der Waals surface area contributed by atoms with Crippen LogP contribution in [0.25, 0.3) is 0 Å². The maximum atomic E-state index is 12.7. The number of sulfonamides is 1. The predicted octanol–water partition coefficient (Wildman–Crippen LogP) is 3.17. The molecule has 0 unspecified atom stereocenters. The van der Waals surface area contributed by atoms with Crippen molar-refractivity contribution in [2.45, 2.75) is 38.5 Å². The Labute approximate surface area is 147 Å². The molecule has 0 radical (unpaired) electrons. The third kappa shape index (κ3) is 4.15. The second-order valence-corrected chi connectivity index (χ2v) is 9.12. The van der Waals surface area contributed by atoms with Gasteiger partial charge in [0.05, 0.1) is 11.4 Å². The minimum atomic E-state index is -3.26. The Morgan fingerprint density at radius 3 is 2.58 bits per heavy atom. The van der Waals surface area contributed by atoms with Gasteiger partial charge < -0.3 is 5.32 Å². The van der Waals surface area contributed by atoms with Gasteiger partial charge in [-0.1, -0.05) is 24.3 Å². The van der Waals surface area contributed by atoms with E-state index in [0.717, 1.165) is 34.8 Å². The molecule has 0 aliphatic carbocycles. The Kier molecular flexibility index (Phi) is 5.22. The van der Waals surface area contributed by atoms with E-state index >= 15 is 0 Å². The zero-order valence-electron chi connectivity index (χ0n) is 14.0. The van der Waals surface area contributed by atoms with E-state index in [9.17, 15) is 8.42 Å². The van der Waals surface area contributed by atoms with Crippen LogP contribution >= 0.6 is 11.3 Å². The average molecular weight is 366 g/mol. The van der Waals surface area contributed by atoms with Crippen LogP contribution in [0.15, 0.2) is 29.6 Å². The lowest BCUT2D eigenvalue weighted by Gasteiger charge is -2.31. The molecule has 1 aliphatic rings. The minimum Gasteiger partial charge on any atom is -0.359 e. The molecule has 1 fully saturated rings. The summed E-state index contributed by atoms with van der Waals surface area (Å²) < 4.78 is 27.0. The number of piperidine rings is 1. The number of anilines is 1. The minimum absolute atomic E-state index is 0.0867. The van der Waals surface area contributed by atoms with E-state index in [2.05, 4.69) is 10.3 Å². The van der Waals surface area contributed by atoms with Crippen molar-refractivity contribution in [1.82, 2.24) is 9.29 Å². The quantitative estimate of drug-likeness (QED) is 0.884. The molecule has 2 heterocycles. The summed E-state index contributed by atoms with van der Waals surface area (Å²) in [4.78, 5) is 4.41. The van der Waals surface area contributed by atoms with Crippen LogP contribution in [-0.2, 0) is 15.8 Å². The van der Waals surface area contributed by atoms with Crippen LogP contribution in [0, 0.1) is 13.8 Å². The molecule has 0 saturated carbocycles. The molecular formula is C17H23N3O2S2. The number of hydrogen-bond donors (Lipinski definition) is 1. The van der Waals surface area contributed by atoms with Crippen molar-refractivity contribution in [3.8, 4) is 0 Å². The van der Waals surface area contributed by atoms with Crippen molar-refractivity contribution in [2.24, 2.45) is 0 Å². The fourth-order valence-corrected chi connectivity index (χ4v) is 5.37. The smallest absolute Gasteiger partial charge is 0.218 e. The molecule has 1 saturated heterocycles. The Balaban J connectivity index is 1.58. The van der Waals surface area contributed by atoms with Gasteiger partial charge in [-0.25, -0.2) is 17.7 Å². The van der Waals surface area contributed by atoms with Gasteiger partial charge in [0.15, 0.2) is 5.13 Å². The largest absolute Gasteiger partial charge is 0.359 e. The first-order valence-electron chi connectivity index (χ1n) is 8.15. The van der Waals surface area contributed by atoms with E-state index in [1.807, 2.05) is 43.5 Å². The van der Waals surface area contributed by atoms with E-state index in [-0.39, 0.29) is 5.75 Å². The van der Waals surface area contributed by atoms with Crippen molar-refractivity contribution in [2.75, 3.05) is 18.4 Å². The number of hydrogen-bond acceptors (Lipinski definition) is 5. The molecule has 5 nitrogen and oxygen atoms in total. The van der Waals surface area contributed by atoms with Crippen molar-refractivity contribution >= 4 is 26.5 Å². The van der Waals surface area contributed by atoms with E-state index in [4.69, 9.17) is 0 Å². The summed E-state index contributed by atoms with van der Waals surface area (Å²) in [7, 11) is -3.26. The van der Waals surface area contributed by atoms with Gasteiger partial charge in [0.1, 0.15) is 0 Å². The maximum Gasteiger partial charge on any atom is 0.218 e. The molecule has 2 aromatic rings. The number of aryl methyl sites for hydroxylation is 2. The lowest BCUT2D eigenvalue weighted by molar-refractivity contribution is 0.329. The van der Waals surface area contributed by atoms with Crippen molar-refractivity contribution in [3.63, 3.8) is 0 Å². The highest BCUT2D eigenvalue weighted by Gasteiger charge is 2.28. The number of benzene rings is 1. The summed E-state index contributed by atoms with van der Waals surface area (Å²) in [5, 5.41) is 6.36. The number of nitrogens with one attached hydrogen (secondary N) is 1. The summed E-state index contributed by atoms with van der Waals surface area (Å²) in [5.74, 6) is 0.0867. The van der Waals surface area contributed by atoms with Crippen LogP contribution in [-0.4, -0.2) is 36.8 Å². The highest BCUT2D eigenvalue weighted by atomic mass is 32.2. The maximum absolute atomic E-state index is 12.7. The molecule has 3 rings (SSSR count). The molecule has 1 aromatic carbocycles. The van der Waals surface area contributed by atoms with E-state index < -0.39 is 10.0 Å². The average Bonchev–Trinajstić information content (AvgIpc) is 2.95. The molecule has 0 spiro atoms. The Morgan fingerprint density at radius 1 is 1.25 bits per heavy atom. The van der Waals surface area contributed by atoms with Crippen molar-refractivity contribution < 1.29 is 8.42 Å². The van der Waals surface area contributed by atoms with E-state index in [1.165, 1.54) is 0 Å². The van der Waals surface area contributed by atoms with Gasteiger partial charge in [-0.15, -0.1) is 11.3 Å². The monoisotopic (exact) mass is 365 g/mol. The number of nitrogens with zero attached hydrogens (tertiary/aromatic N) is 2. The molecule has 1 aromatic heterocycles. The topological polar surface area (TPSA) is 62.3 Å². The first-order chi connectivity index (χ1) is 11.4. The summed E-state index contributed by atoms with van der Waals surface area (Å²) in [5.41, 5.74) is 2.92. The molecule has 1 aliphatic heterocycles. The van der Waals surface area contributed by atoms with Crippen LogP contribution in [0.3, 0.4) is 0 Å².